The summed E-state index contributed by atoms with van der Waals surface area (Å²) >= 11 is 0. The van der Waals surface area contributed by atoms with Crippen LogP contribution in [0.4, 0.5) is 0 Å². The summed E-state index contributed by atoms with van der Waals surface area (Å²) in [5.41, 5.74) is -0.451. The monoisotopic (exact) mass is 155 g/mol. The molecule has 1 aliphatic carbocycles. The van der Waals surface area contributed by atoms with Gasteiger partial charge in [-0.05, 0) is 6.08 Å². The molecule has 0 aromatic heterocycles. The van der Waals surface area contributed by atoms with Gasteiger partial charge in [-0.15, -0.1) is 0 Å². The second-order valence-corrected chi connectivity index (χ2v) is 2.03. The first-order valence-corrected chi connectivity index (χ1v) is 2.89. The average Bonchev–Trinajstić information content (AvgIpc) is 2.30. The first-order chi connectivity index (χ1) is 5.16. The highest BCUT2D eigenvalue weighted by Crippen LogP contribution is 2.22. The zero-order valence-electron chi connectivity index (χ0n) is 5.48. The van der Waals surface area contributed by atoms with Crippen molar-refractivity contribution in [2.75, 3.05) is 0 Å². The number of aliphatic hydroxyl groups excluding tert-OH is 1. The standard InChI is InChI=1S/C6H5NO4/c8-3-4-5(7(10)11)1-2-6(4)9/h2-3,9H,1H2. The summed E-state index contributed by atoms with van der Waals surface area (Å²) in [6.07, 6.45) is 1.55. The van der Waals surface area contributed by atoms with Gasteiger partial charge in [0.05, 0.1) is 11.3 Å². The summed E-state index contributed by atoms with van der Waals surface area (Å²) in [6, 6.07) is 0. The van der Waals surface area contributed by atoms with Crippen LogP contribution < -0.4 is 0 Å². The van der Waals surface area contributed by atoms with Crippen molar-refractivity contribution < 1.29 is 14.8 Å². The van der Waals surface area contributed by atoms with E-state index in [0.29, 0.717) is 0 Å². The van der Waals surface area contributed by atoms with Gasteiger partial charge in [-0.25, -0.2) is 0 Å². The predicted molar refractivity (Wildman–Crippen MR) is 35.4 cm³/mol. The summed E-state index contributed by atoms with van der Waals surface area (Å²) in [7, 11) is 0. The van der Waals surface area contributed by atoms with Gasteiger partial charge in [0, 0.05) is 0 Å². The minimum Gasteiger partial charge on any atom is -0.507 e. The quantitative estimate of drug-likeness (QED) is 0.359. The Morgan fingerprint density at radius 1 is 1.73 bits per heavy atom. The van der Waals surface area contributed by atoms with Gasteiger partial charge in [0.15, 0.2) is 6.29 Å². The molecule has 0 atom stereocenters. The van der Waals surface area contributed by atoms with Gasteiger partial charge in [0.2, 0.25) is 0 Å². The number of aliphatic hydroxyl groups is 1. The second kappa shape index (κ2) is 2.53. The van der Waals surface area contributed by atoms with Crippen molar-refractivity contribution in [1.82, 2.24) is 0 Å². The van der Waals surface area contributed by atoms with Crippen LogP contribution in [0.1, 0.15) is 6.42 Å². The van der Waals surface area contributed by atoms with Gasteiger partial charge in [-0.1, -0.05) is 0 Å². The van der Waals surface area contributed by atoms with E-state index in [1.165, 1.54) is 6.08 Å². The molecule has 0 bridgehead atoms. The molecule has 0 aromatic carbocycles. The molecule has 0 spiro atoms. The van der Waals surface area contributed by atoms with Crippen molar-refractivity contribution in [2.24, 2.45) is 0 Å². The molecule has 11 heavy (non-hydrogen) atoms. The molecule has 1 N–H and O–H groups in total. The van der Waals surface area contributed by atoms with Crippen molar-refractivity contribution >= 4 is 6.29 Å². The van der Waals surface area contributed by atoms with Gasteiger partial charge in [-0.2, -0.15) is 0 Å². The lowest BCUT2D eigenvalue weighted by molar-refractivity contribution is -0.426. The fourth-order valence-electron chi connectivity index (χ4n) is 0.862. The van der Waals surface area contributed by atoms with Crippen LogP contribution in [0.2, 0.25) is 0 Å². The third-order valence-electron chi connectivity index (χ3n) is 1.41. The lowest BCUT2D eigenvalue weighted by atomic mass is 10.2. The SMILES string of the molecule is O=CC1=C([N+](=O)[O-])CC=C1O. The van der Waals surface area contributed by atoms with Crippen LogP contribution in [0.25, 0.3) is 0 Å². The number of nitro groups is 1. The minimum absolute atomic E-state index is 0.0207. The van der Waals surface area contributed by atoms with Gasteiger partial charge in [0.1, 0.15) is 11.3 Å². The molecule has 0 aliphatic heterocycles. The minimum atomic E-state index is -0.663. The Balaban J connectivity index is 3.06. The fraction of sp³-hybridized carbons (Fsp3) is 0.167. The first-order valence-electron chi connectivity index (χ1n) is 2.89. The van der Waals surface area contributed by atoms with E-state index in [4.69, 9.17) is 5.11 Å². The van der Waals surface area contributed by atoms with Crippen LogP contribution in [0.5, 0.6) is 0 Å². The predicted octanol–water partition coefficient (Wildman–Crippen LogP) is 0.562. The highest BCUT2D eigenvalue weighted by molar-refractivity contribution is 5.81. The topological polar surface area (TPSA) is 80.4 Å². The largest absolute Gasteiger partial charge is 0.507 e. The Hall–Kier alpha value is -1.65. The van der Waals surface area contributed by atoms with E-state index in [-0.39, 0.29) is 29.7 Å². The Bertz CT molecular complexity index is 276. The van der Waals surface area contributed by atoms with Crippen LogP contribution in [-0.4, -0.2) is 16.3 Å². The van der Waals surface area contributed by atoms with Gasteiger partial charge >= 0.3 is 0 Å². The molecule has 58 valence electrons. The lowest BCUT2D eigenvalue weighted by Gasteiger charge is -1.90. The third kappa shape index (κ3) is 1.12. The summed E-state index contributed by atoms with van der Waals surface area (Å²) in [4.78, 5) is 19.7. The third-order valence-corrected chi connectivity index (χ3v) is 1.41. The maximum absolute atomic E-state index is 10.2. The normalized spacial score (nSPS) is 16.5. The Morgan fingerprint density at radius 2 is 2.36 bits per heavy atom. The average molecular weight is 155 g/mol. The molecule has 0 aromatic rings. The zero-order valence-corrected chi connectivity index (χ0v) is 5.48. The van der Waals surface area contributed by atoms with Gasteiger partial charge < -0.3 is 5.11 Å². The van der Waals surface area contributed by atoms with Crippen LogP contribution in [0.3, 0.4) is 0 Å². The van der Waals surface area contributed by atoms with Gasteiger partial charge in [-0.3, -0.25) is 14.9 Å². The van der Waals surface area contributed by atoms with Crippen LogP contribution in [0.15, 0.2) is 23.1 Å². The molecule has 0 saturated heterocycles. The van der Waals surface area contributed by atoms with Crippen molar-refractivity contribution in [3.8, 4) is 0 Å². The molecule has 1 aliphatic rings. The number of nitrogens with zero attached hydrogens (tertiary/aromatic N) is 1. The molecule has 0 saturated carbocycles. The van der Waals surface area contributed by atoms with Gasteiger partial charge in [0.25, 0.3) is 5.70 Å². The first kappa shape index (κ1) is 7.46. The molecule has 1 rings (SSSR count). The molecular formula is C6H5NO4. The number of allylic oxidation sites excluding steroid dienone is 2. The Kier molecular flexibility index (Phi) is 1.72. The lowest BCUT2D eigenvalue weighted by Crippen LogP contribution is -2.00. The van der Waals surface area contributed by atoms with E-state index in [1.807, 2.05) is 0 Å². The summed E-state index contributed by atoms with van der Waals surface area (Å²) < 4.78 is 0. The Labute approximate surface area is 61.8 Å². The maximum Gasteiger partial charge on any atom is 0.264 e. The van der Waals surface area contributed by atoms with Crippen molar-refractivity contribution in [3.05, 3.63) is 33.2 Å². The maximum atomic E-state index is 10.2. The van der Waals surface area contributed by atoms with E-state index in [9.17, 15) is 14.9 Å². The number of rotatable bonds is 2. The number of carbonyl (C=O) groups is 1. The van der Waals surface area contributed by atoms with E-state index >= 15 is 0 Å². The highest BCUT2D eigenvalue weighted by Gasteiger charge is 2.25. The number of hydrogen-bond acceptors (Lipinski definition) is 4. The van der Waals surface area contributed by atoms with Crippen molar-refractivity contribution in [1.29, 1.82) is 0 Å². The molecule has 0 fully saturated rings. The molecule has 0 unspecified atom stereocenters. The second-order valence-electron chi connectivity index (χ2n) is 2.03. The number of hydrogen-bond donors (Lipinski definition) is 1. The molecular weight excluding hydrogens is 150 g/mol. The molecule has 5 heteroatoms. The van der Waals surface area contributed by atoms with E-state index in [1.54, 1.807) is 0 Å². The molecule has 5 nitrogen and oxygen atoms in total. The highest BCUT2D eigenvalue weighted by atomic mass is 16.6. The zero-order chi connectivity index (χ0) is 8.43. The van der Waals surface area contributed by atoms with Crippen LogP contribution in [-0.2, 0) is 4.79 Å². The van der Waals surface area contributed by atoms with Crippen LogP contribution >= 0.6 is 0 Å². The summed E-state index contributed by atoms with van der Waals surface area (Å²) in [6.45, 7) is 0. The van der Waals surface area contributed by atoms with E-state index in [0.717, 1.165) is 0 Å². The van der Waals surface area contributed by atoms with Crippen LogP contribution in [0, 0.1) is 10.1 Å². The smallest absolute Gasteiger partial charge is 0.264 e. The van der Waals surface area contributed by atoms with Crippen molar-refractivity contribution in [2.45, 2.75) is 6.42 Å². The molecule has 0 heterocycles. The van der Waals surface area contributed by atoms with E-state index < -0.39 is 4.92 Å². The number of aldehydes is 1. The molecule has 0 amide bonds. The fourth-order valence-corrected chi connectivity index (χ4v) is 0.862. The van der Waals surface area contributed by atoms with E-state index in [2.05, 4.69) is 0 Å². The Morgan fingerprint density at radius 3 is 2.73 bits per heavy atom. The summed E-state index contributed by atoms with van der Waals surface area (Å²) in [5.74, 6) is -0.299. The van der Waals surface area contributed by atoms with Crippen molar-refractivity contribution in [3.63, 3.8) is 0 Å². The summed E-state index contributed by atoms with van der Waals surface area (Å²) in [5, 5.41) is 19.0. The molecule has 0 radical (unpaired) electrons. The number of carbonyl (C=O) groups excluding carboxylic acids is 1.